The molecule has 0 aliphatic rings. The van der Waals surface area contributed by atoms with Gasteiger partial charge < -0.3 is 10.6 Å². The summed E-state index contributed by atoms with van der Waals surface area (Å²) in [7, 11) is 0. The van der Waals surface area contributed by atoms with Crippen LogP contribution in [0.2, 0.25) is 0 Å². The highest BCUT2D eigenvalue weighted by Crippen LogP contribution is 2.09. The summed E-state index contributed by atoms with van der Waals surface area (Å²) < 4.78 is 0. The highest BCUT2D eigenvalue weighted by Gasteiger charge is 2.03. The van der Waals surface area contributed by atoms with E-state index in [0.29, 0.717) is 0 Å². The number of nitrogens with one attached hydrogen (secondary N) is 2. The van der Waals surface area contributed by atoms with Gasteiger partial charge >= 0.3 is 0 Å². The second-order valence-electron chi connectivity index (χ2n) is 3.79. The molecular weight excluding hydrogens is 236 g/mol. The van der Waals surface area contributed by atoms with Crippen LogP contribution >= 0.6 is 11.3 Å². The molecule has 0 atom stereocenters. The molecule has 1 heterocycles. The maximum Gasteiger partial charge on any atom is 0.244 e. The molecule has 0 aromatic carbocycles. The Hall–Kier alpha value is -1.62. The lowest BCUT2D eigenvalue weighted by Crippen LogP contribution is -2.39. The van der Waals surface area contributed by atoms with Crippen LogP contribution in [0.5, 0.6) is 0 Å². The number of hydrogen-bond donors (Lipinski definition) is 2. The minimum atomic E-state index is -0.266. The summed E-state index contributed by atoms with van der Waals surface area (Å²) >= 11 is 1.55. The molecule has 92 valence electrons. The molecule has 5 heteroatoms. The van der Waals surface area contributed by atoms with E-state index < -0.39 is 0 Å². The maximum absolute atomic E-state index is 11.4. The summed E-state index contributed by atoms with van der Waals surface area (Å²) in [5, 5.41) is 7.15. The Morgan fingerprint density at radius 1 is 1.47 bits per heavy atom. The summed E-state index contributed by atoms with van der Waals surface area (Å²) in [5.74, 6) is -0.449. The standard InChI is InChI=1S/C12H16N2O2S/c1-9(2)14-12(16)8-13-11(15)6-5-10-4-3-7-17-10/h3-7,9H,8H2,1-2H3,(H,13,15)(H,14,16)/b6-5+. The van der Waals surface area contributed by atoms with Gasteiger partial charge in [0.2, 0.25) is 11.8 Å². The van der Waals surface area contributed by atoms with E-state index in [-0.39, 0.29) is 24.4 Å². The van der Waals surface area contributed by atoms with Crippen molar-refractivity contribution in [2.24, 2.45) is 0 Å². The maximum atomic E-state index is 11.4. The fourth-order valence-electron chi connectivity index (χ4n) is 1.14. The first kappa shape index (κ1) is 13.4. The molecular formula is C12H16N2O2S. The van der Waals surface area contributed by atoms with Crippen LogP contribution in [0.1, 0.15) is 18.7 Å². The van der Waals surface area contributed by atoms with Crippen molar-refractivity contribution in [3.05, 3.63) is 28.5 Å². The second-order valence-corrected chi connectivity index (χ2v) is 4.77. The van der Waals surface area contributed by atoms with Gasteiger partial charge in [-0.1, -0.05) is 6.07 Å². The van der Waals surface area contributed by atoms with Crippen molar-refractivity contribution in [1.82, 2.24) is 10.6 Å². The molecule has 0 radical (unpaired) electrons. The van der Waals surface area contributed by atoms with Gasteiger partial charge in [-0.05, 0) is 31.4 Å². The normalized spacial score (nSPS) is 10.8. The second kappa shape index (κ2) is 6.85. The average Bonchev–Trinajstić information content (AvgIpc) is 2.75. The van der Waals surface area contributed by atoms with Gasteiger partial charge in [0, 0.05) is 17.0 Å². The van der Waals surface area contributed by atoms with Gasteiger partial charge in [0.25, 0.3) is 0 Å². The van der Waals surface area contributed by atoms with E-state index >= 15 is 0 Å². The van der Waals surface area contributed by atoms with E-state index in [1.807, 2.05) is 31.4 Å². The lowest BCUT2D eigenvalue weighted by molar-refractivity contribution is -0.124. The smallest absolute Gasteiger partial charge is 0.244 e. The van der Waals surface area contributed by atoms with Crippen LogP contribution in [-0.4, -0.2) is 24.4 Å². The lowest BCUT2D eigenvalue weighted by atomic mass is 10.3. The third kappa shape index (κ3) is 5.87. The van der Waals surface area contributed by atoms with Crippen LogP contribution in [0.4, 0.5) is 0 Å². The molecule has 0 fully saturated rings. The zero-order valence-electron chi connectivity index (χ0n) is 9.90. The zero-order valence-corrected chi connectivity index (χ0v) is 10.7. The molecule has 2 amide bonds. The first-order chi connectivity index (χ1) is 8.08. The zero-order chi connectivity index (χ0) is 12.7. The van der Waals surface area contributed by atoms with E-state index in [9.17, 15) is 9.59 Å². The third-order valence-electron chi connectivity index (χ3n) is 1.81. The van der Waals surface area contributed by atoms with Gasteiger partial charge in [-0.15, -0.1) is 11.3 Å². The summed E-state index contributed by atoms with van der Waals surface area (Å²) in [5.41, 5.74) is 0. The molecule has 0 aliphatic carbocycles. The van der Waals surface area contributed by atoms with Crippen molar-refractivity contribution in [1.29, 1.82) is 0 Å². The number of rotatable bonds is 5. The largest absolute Gasteiger partial charge is 0.352 e. The fourth-order valence-corrected chi connectivity index (χ4v) is 1.76. The van der Waals surface area contributed by atoms with Crippen LogP contribution in [0.3, 0.4) is 0 Å². The van der Waals surface area contributed by atoms with Crippen LogP contribution in [0.25, 0.3) is 6.08 Å². The molecule has 4 nitrogen and oxygen atoms in total. The summed E-state index contributed by atoms with van der Waals surface area (Å²) in [6, 6.07) is 3.92. The van der Waals surface area contributed by atoms with Crippen molar-refractivity contribution in [3.63, 3.8) is 0 Å². The first-order valence-corrected chi connectivity index (χ1v) is 6.24. The van der Waals surface area contributed by atoms with Gasteiger partial charge in [-0.3, -0.25) is 9.59 Å². The van der Waals surface area contributed by atoms with Crippen LogP contribution in [0.15, 0.2) is 23.6 Å². The van der Waals surface area contributed by atoms with Crippen LogP contribution in [0, 0.1) is 0 Å². The van der Waals surface area contributed by atoms with Gasteiger partial charge in [0.1, 0.15) is 0 Å². The van der Waals surface area contributed by atoms with Crippen molar-refractivity contribution < 1.29 is 9.59 Å². The molecule has 2 N–H and O–H groups in total. The van der Waals surface area contributed by atoms with Gasteiger partial charge in [0.15, 0.2) is 0 Å². The Kier molecular flexibility index (Phi) is 5.42. The van der Waals surface area contributed by atoms with Gasteiger partial charge in [-0.25, -0.2) is 0 Å². The van der Waals surface area contributed by atoms with E-state index in [2.05, 4.69) is 10.6 Å². The van der Waals surface area contributed by atoms with E-state index in [4.69, 9.17) is 0 Å². The van der Waals surface area contributed by atoms with Crippen LogP contribution < -0.4 is 10.6 Å². The predicted octanol–water partition coefficient (Wildman–Crippen LogP) is 1.40. The van der Waals surface area contributed by atoms with E-state index in [1.54, 1.807) is 17.4 Å². The Bertz CT molecular complexity index is 397. The minimum absolute atomic E-state index is 0.00575. The Balaban J connectivity index is 2.28. The molecule has 0 aliphatic heterocycles. The molecule has 0 unspecified atom stereocenters. The number of amides is 2. The third-order valence-corrected chi connectivity index (χ3v) is 2.65. The predicted molar refractivity (Wildman–Crippen MR) is 69.6 cm³/mol. The quantitative estimate of drug-likeness (QED) is 0.778. The lowest BCUT2D eigenvalue weighted by Gasteiger charge is -2.07. The minimum Gasteiger partial charge on any atom is -0.352 e. The van der Waals surface area contributed by atoms with E-state index in [0.717, 1.165) is 4.88 Å². The van der Waals surface area contributed by atoms with Gasteiger partial charge in [-0.2, -0.15) is 0 Å². The van der Waals surface area contributed by atoms with E-state index in [1.165, 1.54) is 6.08 Å². The highest BCUT2D eigenvalue weighted by atomic mass is 32.1. The van der Waals surface area contributed by atoms with Crippen LogP contribution in [-0.2, 0) is 9.59 Å². The van der Waals surface area contributed by atoms with Crippen molar-refractivity contribution in [2.45, 2.75) is 19.9 Å². The highest BCUT2D eigenvalue weighted by molar-refractivity contribution is 7.10. The summed E-state index contributed by atoms with van der Waals surface area (Å²) in [6.45, 7) is 3.75. The molecule has 1 aromatic rings. The average molecular weight is 252 g/mol. The SMILES string of the molecule is CC(C)NC(=O)CNC(=O)/C=C/c1cccs1. The van der Waals surface area contributed by atoms with Crippen molar-refractivity contribution in [3.8, 4) is 0 Å². The number of hydrogen-bond acceptors (Lipinski definition) is 3. The molecule has 0 saturated carbocycles. The van der Waals surface area contributed by atoms with Gasteiger partial charge in [0.05, 0.1) is 6.54 Å². The number of thiophene rings is 1. The monoisotopic (exact) mass is 252 g/mol. The molecule has 1 aromatic heterocycles. The Morgan fingerprint density at radius 2 is 2.24 bits per heavy atom. The molecule has 1 rings (SSSR count). The van der Waals surface area contributed by atoms with Crippen molar-refractivity contribution in [2.75, 3.05) is 6.54 Å². The number of carbonyl (C=O) groups is 2. The topological polar surface area (TPSA) is 58.2 Å². The number of carbonyl (C=O) groups excluding carboxylic acids is 2. The summed E-state index contributed by atoms with van der Waals surface area (Å²) in [4.78, 5) is 23.6. The molecule has 0 saturated heterocycles. The first-order valence-electron chi connectivity index (χ1n) is 5.36. The summed E-state index contributed by atoms with van der Waals surface area (Å²) in [6.07, 6.45) is 3.15. The Labute approximate surface area is 105 Å². The fraction of sp³-hybridized carbons (Fsp3) is 0.333. The molecule has 0 spiro atoms. The van der Waals surface area contributed by atoms with Crippen molar-refractivity contribution >= 4 is 29.2 Å². The Morgan fingerprint density at radius 3 is 2.82 bits per heavy atom. The molecule has 17 heavy (non-hydrogen) atoms. The molecule has 0 bridgehead atoms.